The molecule has 0 amide bonds. The number of hydrogen-bond donors (Lipinski definition) is 0. The molecule has 0 aliphatic heterocycles. The van der Waals surface area contributed by atoms with Crippen molar-refractivity contribution in [2.45, 2.75) is 0 Å². The van der Waals surface area contributed by atoms with Gasteiger partial charge in [-0.3, -0.25) is 0 Å². The maximum absolute atomic E-state index is 0. The molecule has 0 atom stereocenters. The van der Waals surface area contributed by atoms with Crippen LogP contribution in [-0.2, 0) is 28.0 Å². The van der Waals surface area contributed by atoms with Crippen LogP contribution in [0.5, 0.6) is 0 Å². The molecule has 0 heterocycles. The van der Waals surface area contributed by atoms with Gasteiger partial charge < -0.3 is 11.0 Å². The molecule has 0 unspecified atom stereocenters. The van der Waals surface area contributed by atoms with E-state index in [1.807, 2.05) is 0 Å². The first-order valence-electron chi connectivity index (χ1n) is 0. The Morgan fingerprint density at radius 1 is 0.750 bits per heavy atom. The number of rotatable bonds is 0. The summed E-state index contributed by atoms with van der Waals surface area (Å²) in [6.07, 6.45) is 0. The van der Waals surface area contributed by atoms with Crippen molar-refractivity contribution in [3.63, 3.8) is 0 Å². The van der Waals surface area contributed by atoms with E-state index in [2.05, 4.69) is 0 Å². The Hall–Kier alpha value is 1.92. The van der Waals surface area contributed by atoms with Crippen LogP contribution in [0.15, 0.2) is 0 Å². The van der Waals surface area contributed by atoms with Gasteiger partial charge in [-0.1, -0.05) is 0 Å². The van der Waals surface area contributed by atoms with E-state index in [0.29, 0.717) is 0 Å². The van der Waals surface area contributed by atoms with Crippen LogP contribution in [0.2, 0.25) is 0 Å². The molecule has 4 heavy (non-hydrogen) atoms. The minimum absolute atomic E-state index is 0. The molecule has 0 aromatic rings. The van der Waals surface area contributed by atoms with Gasteiger partial charge in [0.05, 0.1) is 0 Å². The van der Waals surface area contributed by atoms with Gasteiger partial charge in [-0.05, 0) is 0 Å². The average molecular weight is 175 g/mol. The summed E-state index contributed by atoms with van der Waals surface area (Å²) in [5.41, 5.74) is 0. The van der Waals surface area contributed by atoms with Crippen LogP contribution in [0.4, 0.5) is 0 Å². The van der Waals surface area contributed by atoms with Crippen molar-refractivity contribution in [2.24, 2.45) is 0 Å². The predicted molar refractivity (Wildman–Crippen MR) is 7.13 cm³/mol. The van der Waals surface area contributed by atoms with E-state index < -0.39 is 0 Å². The van der Waals surface area contributed by atoms with Crippen molar-refractivity contribution in [1.82, 2.24) is 0 Å². The van der Waals surface area contributed by atoms with Crippen LogP contribution in [0.1, 0.15) is 0 Å². The maximum Gasteiger partial charge on any atom is 2.00 e. The third kappa shape index (κ3) is 9.07. The molecule has 0 aromatic carbocycles. The fourth-order valence-corrected chi connectivity index (χ4v) is 0. The summed E-state index contributed by atoms with van der Waals surface area (Å²) in [6.45, 7) is 0. The van der Waals surface area contributed by atoms with Gasteiger partial charge in [0.15, 0.2) is 0 Å². The van der Waals surface area contributed by atoms with E-state index >= 15 is 0 Å². The van der Waals surface area contributed by atoms with Gasteiger partial charge in [0.1, 0.15) is 0 Å². The smallest absolute Gasteiger partial charge is 2.00 e. The van der Waals surface area contributed by atoms with E-state index in [-0.39, 0.29) is 73.5 Å². The van der Waals surface area contributed by atoms with Gasteiger partial charge in [-0.25, -0.2) is 0 Å². The molecule has 0 saturated carbocycles. The van der Waals surface area contributed by atoms with Crippen LogP contribution >= 0.6 is 0 Å². The largest absolute Gasteiger partial charge is 2.00 e. The molecule has 0 aliphatic rings. The molecular weight excluding hydrogens is 175 g/mol. The summed E-state index contributed by atoms with van der Waals surface area (Å²) in [5, 5.41) is 0. The molecular formula is MnO2Sr. The van der Waals surface area contributed by atoms with E-state index in [9.17, 15) is 0 Å². The molecule has 1 radical (unpaired) electrons. The van der Waals surface area contributed by atoms with Gasteiger partial charge in [0.2, 0.25) is 0 Å². The summed E-state index contributed by atoms with van der Waals surface area (Å²) < 4.78 is 0. The fourth-order valence-electron chi connectivity index (χ4n) is 0. The first-order valence-corrected chi connectivity index (χ1v) is 0. The average Bonchev–Trinajstić information content (AvgIpc) is 0. The molecule has 0 spiro atoms. The zero-order valence-corrected chi connectivity index (χ0v) is 6.56. The standard InChI is InChI=1S/Mn.2O.Sr/q+2;2*-2;+2. The zero-order valence-electron chi connectivity index (χ0n) is 1.90. The summed E-state index contributed by atoms with van der Waals surface area (Å²) >= 11 is 0. The summed E-state index contributed by atoms with van der Waals surface area (Å²) in [6, 6.07) is 0. The van der Waals surface area contributed by atoms with Gasteiger partial charge in [0, 0.05) is 0 Å². The van der Waals surface area contributed by atoms with Crippen molar-refractivity contribution >= 4 is 45.5 Å². The van der Waals surface area contributed by atoms with Gasteiger partial charge in [-0.15, -0.1) is 0 Å². The normalized spacial score (nSPS) is 0. The second-order valence-electron chi connectivity index (χ2n) is 0. The first-order chi connectivity index (χ1) is 0. The third-order valence-electron chi connectivity index (χ3n) is 0. The summed E-state index contributed by atoms with van der Waals surface area (Å²) in [7, 11) is 0. The Bertz CT molecular complexity index is 6.00. The van der Waals surface area contributed by atoms with E-state index in [4.69, 9.17) is 0 Å². The minimum Gasteiger partial charge on any atom is -2.00 e. The van der Waals surface area contributed by atoms with Gasteiger partial charge in [-0.2, -0.15) is 0 Å². The van der Waals surface area contributed by atoms with Crippen LogP contribution in [-0.4, -0.2) is 45.5 Å². The Kier molecular flexibility index (Phi) is 199. The van der Waals surface area contributed by atoms with Crippen molar-refractivity contribution in [3.05, 3.63) is 0 Å². The van der Waals surface area contributed by atoms with Crippen molar-refractivity contribution in [3.8, 4) is 0 Å². The van der Waals surface area contributed by atoms with Crippen LogP contribution in [0.25, 0.3) is 0 Å². The summed E-state index contributed by atoms with van der Waals surface area (Å²) in [4.78, 5) is 0. The topological polar surface area (TPSA) is 57.0 Å². The second kappa shape index (κ2) is 20.5. The molecule has 0 saturated heterocycles. The first kappa shape index (κ1) is 38.9. The molecule has 0 rings (SSSR count). The molecule has 4 heteroatoms. The summed E-state index contributed by atoms with van der Waals surface area (Å²) in [5.74, 6) is 0. The molecule has 0 fully saturated rings. The zero-order chi connectivity index (χ0) is 0. The van der Waals surface area contributed by atoms with Crippen molar-refractivity contribution in [2.75, 3.05) is 0 Å². The minimum atomic E-state index is 0. The molecule has 0 bridgehead atoms. The third-order valence-corrected chi connectivity index (χ3v) is 0. The molecule has 0 N–H and O–H groups in total. The van der Waals surface area contributed by atoms with E-state index in [1.54, 1.807) is 0 Å². The van der Waals surface area contributed by atoms with Crippen LogP contribution in [0.3, 0.4) is 0 Å². The Balaban J connectivity index is 0. The van der Waals surface area contributed by atoms with Crippen molar-refractivity contribution in [1.29, 1.82) is 0 Å². The number of hydrogen-bond acceptors (Lipinski definition) is 0. The Morgan fingerprint density at radius 2 is 0.750 bits per heavy atom. The predicted octanol–water partition coefficient (Wildman–Crippen LogP) is -0.621. The van der Waals surface area contributed by atoms with Gasteiger partial charge >= 0.3 is 62.6 Å². The molecule has 0 aliphatic carbocycles. The second-order valence-corrected chi connectivity index (χ2v) is 0. The van der Waals surface area contributed by atoms with Crippen LogP contribution < -0.4 is 0 Å². The van der Waals surface area contributed by atoms with E-state index in [0.717, 1.165) is 0 Å². The Labute approximate surface area is 72.3 Å². The maximum atomic E-state index is 0. The molecule has 2 nitrogen and oxygen atoms in total. The van der Waals surface area contributed by atoms with Crippen molar-refractivity contribution < 1.29 is 28.0 Å². The van der Waals surface area contributed by atoms with Crippen LogP contribution in [0, 0.1) is 0 Å². The molecule has 21 valence electrons. The monoisotopic (exact) mass is 175 g/mol. The van der Waals surface area contributed by atoms with Gasteiger partial charge in [0.25, 0.3) is 0 Å². The fraction of sp³-hybridized carbons (Fsp3) is 0. The quantitative estimate of drug-likeness (QED) is 0.440. The molecule has 0 aromatic heterocycles. The Morgan fingerprint density at radius 3 is 0.750 bits per heavy atom. The SMILES string of the molecule is [Mn+2].[O-2].[O-2].[Sr+2]. The van der Waals surface area contributed by atoms with E-state index in [1.165, 1.54) is 0 Å².